The highest BCUT2D eigenvalue weighted by Gasteiger charge is 2.23. The minimum Gasteiger partial charge on any atom is -0.443 e. The second-order valence-electron chi connectivity index (χ2n) is 5.77. The summed E-state index contributed by atoms with van der Waals surface area (Å²) in [5, 5.41) is 6.28. The summed E-state index contributed by atoms with van der Waals surface area (Å²) in [5.41, 5.74) is 2.95. The van der Waals surface area contributed by atoms with Crippen LogP contribution in [-0.4, -0.2) is 23.5 Å². The lowest BCUT2D eigenvalue weighted by Crippen LogP contribution is -2.41. The van der Waals surface area contributed by atoms with Crippen molar-refractivity contribution in [2.75, 3.05) is 6.54 Å². The van der Waals surface area contributed by atoms with Crippen molar-refractivity contribution in [2.24, 2.45) is 0 Å². The van der Waals surface area contributed by atoms with Gasteiger partial charge in [0.05, 0.1) is 17.8 Å². The van der Waals surface area contributed by atoms with E-state index in [0.717, 1.165) is 42.0 Å². The SMILES string of the molecule is Cc1ncoc1-c1ccc([C@H](C)NC(=O)C2CCCN2)cc1. The van der Waals surface area contributed by atoms with Crippen molar-refractivity contribution in [3.63, 3.8) is 0 Å². The molecule has 1 saturated heterocycles. The zero-order valence-corrected chi connectivity index (χ0v) is 12.9. The normalized spacial score (nSPS) is 19.1. The highest BCUT2D eigenvalue weighted by molar-refractivity contribution is 5.82. The molecule has 0 saturated carbocycles. The summed E-state index contributed by atoms with van der Waals surface area (Å²) >= 11 is 0. The van der Waals surface area contributed by atoms with Gasteiger partial charge in [0.2, 0.25) is 5.91 Å². The van der Waals surface area contributed by atoms with E-state index in [4.69, 9.17) is 4.42 Å². The van der Waals surface area contributed by atoms with Gasteiger partial charge in [-0.1, -0.05) is 24.3 Å². The van der Waals surface area contributed by atoms with E-state index in [1.807, 2.05) is 38.1 Å². The van der Waals surface area contributed by atoms with Crippen LogP contribution in [0.4, 0.5) is 0 Å². The number of aryl methyl sites for hydroxylation is 1. The number of aromatic nitrogens is 1. The van der Waals surface area contributed by atoms with E-state index in [1.54, 1.807) is 0 Å². The minimum absolute atomic E-state index is 0.0141. The molecular weight excluding hydrogens is 278 g/mol. The second-order valence-corrected chi connectivity index (χ2v) is 5.77. The maximum absolute atomic E-state index is 12.1. The van der Waals surface area contributed by atoms with E-state index < -0.39 is 0 Å². The van der Waals surface area contributed by atoms with Crippen LogP contribution in [0.5, 0.6) is 0 Å². The van der Waals surface area contributed by atoms with Crippen LogP contribution < -0.4 is 10.6 Å². The molecule has 0 spiro atoms. The van der Waals surface area contributed by atoms with Gasteiger partial charge in [-0.3, -0.25) is 4.79 Å². The third-order valence-corrected chi connectivity index (χ3v) is 4.15. The van der Waals surface area contributed by atoms with Crippen LogP contribution in [0.25, 0.3) is 11.3 Å². The number of hydrogen-bond donors (Lipinski definition) is 2. The minimum atomic E-state index is -0.0430. The molecule has 0 bridgehead atoms. The molecule has 1 unspecified atom stereocenters. The van der Waals surface area contributed by atoms with Gasteiger partial charge in [0.25, 0.3) is 0 Å². The monoisotopic (exact) mass is 299 g/mol. The number of nitrogens with zero attached hydrogens (tertiary/aromatic N) is 1. The Morgan fingerprint density at radius 2 is 2.18 bits per heavy atom. The first-order chi connectivity index (χ1) is 10.6. The molecule has 1 aliphatic rings. The van der Waals surface area contributed by atoms with Gasteiger partial charge in [-0.25, -0.2) is 4.98 Å². The Hall–Kier alpha value is -2.14. The van der Waals surface area contributed by atoms with E-state index in [-0.39, 0.29) is 18.0 Å². The Morgan fingerprint density at radius 3 is 2.77 bits per heavy atom. The number of amides is 1. The molecule has 5 nitrogen and oxygen atoms in total. The molecule has 22 heavy (non-hydrogen) atoms. The lowest BCUT2D eigenvalue weighted by molar-refractivity contribution is -0.123. The lowest BCUT2D eigenvalue weighted by atomic mass is 10.0. The van der Waals surface area contributed by atoms with Crippen molar-refractivity contribution < 1.29 is 9.21 Å². The van der Waals surface area contributed by atoms with Gasteiger partial charge in [0, 0.05) is 5.56 Å². The van der Waals surface area contributed by atoms with E-state index in [1.165, 1.54) is 6.39 Å². The van der Waals surface area contributed by atoms with Crippen molar-refractivity contribution in [1.29, 1.82) is 0 Å². The summed E-state index contributed by atoms with van der Waals surface area (Å²) in [6, 6.07) is 7.98. The Labute approximate surface area is 130 Å². The van der Waals surface area contributed by atoms with E-state index in [0.29, 0.717) is 0 Å². The summed E-state index contributed by atoms with van der Waals surface area (Å²) in [7, 11) is 0. The van der Waals surface area contributed by atoms with Crippen molar-refractivity contribution in [2.45, 2.75) is 38.8 Å². The van der Waals surface area contributed by atoms with Crippen LogP contribution in [-0.2, 0) is 4.79 Å². The maximum atomic E-state index is 12.1. The lowest BCUT2D eigenvalue weighted by Gasteiger charge is -2.17. The summed E-state index contributed by atoms with van der Waals surface area (Å²) in [6.45, 7) is 4.85. The third kappa shape index (κ3) is 3.04. The van der Waals surface area contributed by atoms with Gasteiger partial charge in [0.1, 0.15) is 0 Å². The predicted octanol–water partition coefficient (Wildman–Crippen LogP) is 2.58. The van der Waals surface area contributed by atoms with Gasteiger partial charge in [-0.15, -0.1) is 0 Å². The largest absolute Gasteiger partial charge is 0.443 e. The Bertz CT molecular complexity index is 642. The highest BCUT2D eigenvalue weighted by Crippen LogP contribution is 2.24. The summed E-state index contributed by atoms with van der Waals surface area (Å²) in [4.78, 5) is 16.2. The topological polar surface area (TPSA) is 67.2 Å². The average Bonchev–Trinajstić information content (AvgIpc) is 3.18. The molecule has 2 aromatic rings. The quantitative estimate of drug-likeness (QED) is 0.910. The van der Waals surface area contributed by atoms with Gasteiger partial charge < -0.3 is 15.1 Å². The standard InChI is InChI=1S/C17H21N3O2/c1-11(20-17(21)15-4-3-9-18-15)13-5-7-14(8-6-13)16-12(2)19-10-22-16/h5-8,10-11,15,18H,3-4,9H2,1-2H3,(H,20,21)/t11-,15?/m0/s1. The molecule has 1 aliphatic heterocycles. The van der Waals surface area contributed by atoms with E-state index in [9.17, 15) is 4.79 Å². The molecule has 5 heteroatoms. The highest BCUT2D eigenvalue weighted by atomic mass is 16.3. The smallest absolute Gasteiger partial charge is 0.237 e. The Kier molecular flexibility index (Phi) is 4.24. The first kappa shape index (κ1) is 14.8. The molecule has 3 rings (SSSR count). The van der Waals surface area contributed by atoms with Crippen LogP contribution in [0.2, 0.25) is 0 Å². The van der Waals surface area contributed by atoms with Crippen LogP contribution in [0.1, 0.15) is 37.1 Å². The Balaban J connectivity index is 1.67. The van der Waals surface area contributed by atoms with E-state index in [2.05, 4.69) is 15.6 Å². The molecule has 0 aliphatic carbocycles. The molecular formula is C17H21N3O2. The fourth-order valence-corrected chi connectivity index (χ4v) is 2.81. The number of oxazole rings is 1. The number of hydrogen-bond acceptors (Lipinski definition) is 4. The molecule has 1 aromatic heterocycles. The van der Waals surface area contributed by atoms with Crippen molar-refractivity contribution >= 4 is 5.91 Å². The van der Waals surface area contributed by atoms with E-state index >= 15 is 0 Å². The zero-order chi connectivity index (χ0) is 15.5. The maximum Gasteiger partial charge on any atom is 0.237 e. The van der Waals surface area contributed by atoms with Crippen LogP contribution in [0, 0.1) is 6.92 Å². The molecule has 1 fully saturated rings. The van der Waals surface area contributed by atoms with Gasteiger partial charge in [-0.05, 0) is 38.8 Å². The van der Waals surface area contributed by atoms with Crippen molar-refractivity contribution in [3.8, 4) is 11.3 Å². The van der Waals surface area contributed by atoms with Crippen molar-refractivity contribution in [1.82, 2.24) is 15.6 Å². The zero-order valence-electron chi connectivity index (χ0n) is 12.9. The number of rotatable bonds is 4. The fourth-order valence-electron chi connectivity index (χ4n) is 2.81. The first-order valence-electron chi connectivity index (χ1n) is 7.69. The molecule has 116 valence electrons. The molecule has 1 aromatic carbocycles. The number of benzene rings is 1. The molecule has 1 amide bonds. The number of carbonyl (C=O) groups excluding carboxylic acids is 1. The van der Waals surface area contributed by atoms with Crippen LogP contribution in [0.15, 0.2) is 35.1 Å². The summed E-state index contributed by atoms with van der Waals surface area (Å²) in [5.74, 6) is 0.874. The molecule has 0 radical (unpaired) electrons. The number of nitrogens with one attached hydrogen (secondary N) is 2. The van der Waals surface area contributed by atoms with Crippen molar-refractivity contribution in [3.05, 3.63) is 41.9 Å². The van der Waals surface area contributed by atoms with Crippen LogP contribution in [0.3, 0.4) is 0 Å². The molecule has 2 atom stereocenters. The summed E-state index contributed by atoms with van der Waals surface area (Å²) in [6.07, 6.45) is 3.44. The number of carbonyl (C=O) groups is 1. The van der Waals surface area contributed by atoms with Crippen LogP contribution >= 0.6 is 0 Å². The summed E-state index contributed by atoms with van der Waals surface area (Å²) < 4.78 is 5.39. The third-order valence-electron chi connectivity index (χ3n) is 4.15. The van der Waals surface area contributed by atoms with Gasteiger partial charge in [-0.2, -0.15) is 0 Å². The van der Waals surface area contributed by atoms with Gasteiger partial charge >= 0.3 is 0 Å². The molecule has 2 heterocycles. The first-order valence-corrected chi connectivity index (χ1v) is 7.69. The average molecular weight is 299 g/mol. The fraction of sp³-hybridized carbons (Fsp3) is 0.412. The second kappa shape index (κ2) is 6.32. The van der Waals surface area contributed by atoms with Gasteiger partial charge in [0.15, 0.2) is 12.2 Å². The molecule has 2 N–H and O–H groups in total. The predicted molar refractivity (Wildman–Crippen MR) is 84.3 cm³/mol. The Morgan fingerprint density at radius 1 is 1.41 bits per heavy atom.